The van der Waals surface area contributed by atoms with Crippen LogP contribution in [0.25, 0.3) is 0 Å². The molecule has 1 heterocycles. The maximum atomic E-state index is 11.7. The molecular formula is C15H17N3O2. The quantitative estimate of drug-likeness (QED) is 0.648. The van der Waals surface area contributed by atoms with Crippen LogP contribution in [0.15, 0.2) is 47.7 Å². The molecule has 5 nitrogen and oxygen atoms in total. The molecule has 0 saturated carbocycles. The Labute approximate surface area is 117 Å². The molecule has 1 aromatic heterocycles. The highest BCUT2D eigenvalue weighted by Gasteiger charge is 2.05. The Morgan fingerprint density at radius 3 is 2.65 bits per heavy atom. The number of carbonyl (C=O) groups excluding carboxylic acids is 1. The zero-order valence-corrected chi connectivity index (χ0v) is 11.5. The van der Waals surface area contributed by atoms with E-state index in [1.165, 1.54) is 0 Å². The lowest BCUT2D eigenvalue weighted by atomic mass is 10.1. The van der Waals surface area contributed by atoms with Gasteiger partial charge in [-0.3, -0.25) is 4.79 Å². The summed E-state index contributed by atoms with van der Waals surface area (Å²) in [6, 6.07) is 11.0. The number of nitrogens with one attached hydrogen (secondary N) is 2. The van der Waals surface area contributed by atoms with Crippen molar-refractivity contribution in [1.29, 1.82) is 0 Å². The fourth-order valence-corrected chi connectivity index (χ4v) is 1.69. The van der Waals surface area contributed by atoms with E-state index in [-0.39, 0.29) is 5.91 Å². The Balaban J connectivity index is 2.01. The summed E-state index contributed by atoms with van der Waals surface area (Å²) in [4.78, 5) is 14.5. The minimum absolute atomic E-state index is 0.264. The van der Waals surface area contributed by atoms with Crippen molar-refractivity contribution in [3.8, 4) is 5.75 Å². The standard InChI is InChI=1S/C15H17N3O2/c1-3-20-13-8-6-12(7-9-13)11(2)17-18-15(19)14-5-4-10-16-14/h4-10,16H,3H2,1-2H3,(H,18,19)/b17-11-. The third-order valence-corrected chi connectivity index (χ3v) is 2.75. The average molecular weight is 271 g/mol. The molecule has 20 heavy (non-hydrogen) atoms. The van der Waals surface area contributed by atoms with E-state index in [1.807, 2.05) is 38.1 Å². The van der Waals surface area contributed by atoms with Gasteiger partial charge in [0.05, 0.1) is 12.3 Å². The molecule has 0 aliphatic carbocycles. The number of H-pyrrole nitrogens is 1. The number of ether oxygens (including phenoxy) is 1. The van der Waals surface area contributed by atoms with E-state index in [9.17, 15) is 4.79 Å². The number of hydrogen-bond acceptors (Lipinski definition) is 3. The van der Waals surface area contributed by atoms with Crippen LogP contribution in [0, 0.1) is 0 Å². The largest absolute Gasteiger partial charge is 0.494 e. The SMILES string of the molecule is CCOc1ccc(/C(C)=N\NC(=O)c2ccc[nH]2)cc1. The first-order valence-electron chi connectivity index (χ1n) is 6.42. The number of rotatable bonds is 5. The van der Waals surface area contributed by atoms with Crippen molar-refractivity contribution in [1.82, 2.24) is 10.4 Å². The Morgan fingerprint density at radius 2 is 2.05 bits per heavy atom. The van der Waals surface area contributed by atoms with Gasteiger partial charge in [-0.15, -0.1) is 0 Å². The molecule has 0 atom stereocenters. The van der Waals surface area contributed by atoms with E-state index in [1.54, 1.807) is 18.3 Å². The Kier molecular flexibility index (Phi) is 4.55. The number of amides is 1. The molecule has 0 bridgehead atoms. The summed E-state index contributed by atoms with van der Waals surface area (Å²) in [6.07, 6.45) is 1.69. The molecule has 104 valence electrons. The van der Waals surface area contributed by atoms with Crippen LogP contribution in [-0.4, -0.2) is 23.2 Å². The number of hydrogen-bond donors (Lipinski definition) is 2. The lowest BCUT2D eigenvalue weighted by molar-refractivity contribution is 0.0950. The second-order valence-electron chi connectivity index (χ2n) is 4.18. The minimum atomic E-state index is -0.264. The summed E-state index contributed by atoms with van der Waals surface area (Å²) in [7, 11) is 0. The van der Waals surface area contributed by atoms with Crippen LogP contribution >= 0.6 is 0 Å². The van der Waals surface area contributed by atoms with E-state index in [0.717, 1.165) is 17.0 Å². The molecule has 2 aromatic rings. The minimum Gasteiger partial charge on any atom is -0.494 e. The smallest absolute Gasteiger partial charge is 0.287 e. The lowest BCUT2D eigenvalue weighted by Crippen LogP contribution is -2.19. The summed E-state index contributed by atoms with van der Waals surface area (Å²) in [6.45, 7) is 4.42. The predicted molar refractivity (Wildman–Crippen MR) is 78.1 cm³/mol. The van der Waals surface area contributed by atoms with Crippen molar-refractivity contribution >= 4 is 11.6 Å². The van der Waals surface area contributed by atoms with E-state index in [0.29, 0.717) is 12.3 Å². The summed E-state index contributed by atoms with van der Waals surface area (Å²) in [5.74, 6) is 0.555. The van der Waals surface area contributed by atoms with E-state index >= 15 is 0 Å². The molecule has 0 saturated heterocycles. The molecule has 0 fully saturated rings. The molecule has 0 unspecified atom stereocenters. The van der Waals surface area contributed by atoms with Crippen LogP contribution in [0.5, 0.6) is 5.75 Å². The van der Waals surface area contributed by atoms with Gasteiger partial charge < -0.3 is 9.72 Å². The van der Waals surface area contributed by atoms with Gasteiger partial charge in [0, 0.05) is 6.20 Å². The van der Waals surface area contributed by atoms with Crippen molar-refractivity contribution in [3.63, 3.8) is 0 Å². The number of aromatic nitrogens is 1. The second-order valence-corrected chi connectivity index (χ2v) is 4.18. The van der Waals surface area contributed by atoms with Gasteiger partial charge in [0.15, 0.2) is 0 Å². The van der Waals surface area contributed by atoms with Crippen molar-refractivity contribution in [2.24, 2.45) is 5.10 Å². The maximum absolute atomic E-state index is 11.7. The molecule has 1 amide bonds. The molecule has 1 aromatic carbocycles. The number of benzene rings is 1. The molecular weight excluding hydrogens is 254 g/mol. The third-order valence-electron chi connectivity index (χ3n) is 2.75. The van der Waals surface area contributed by atoms with Gasteiger partial charge in [-0.25, -0.2) is 5.43 Å². The van der Waals surface area contributed by atoms with Crippen molar-refractivity contribution in [2.45, 2.75) is 13.8 Å². The van der Waals surface area contributed by atoms with Gasteiger partial charge in [-0.1, -0.05) is 0 Å². The first-order chi connectivity index (χ1) is 9.70. The first kappa shape index (κ1) is 13.9. The number of carbonyl (C=O) groups is 1. The molecule has 5 heteroatoms. The van der Waals surface area contributed by atoms with Crippen molar-refractivity contribution in [3.05, 3.63) is 53.9 Å². The van der Waals surface area contributed by atoms with E-state index in [2.05, 4.69) is 15.5 Å². The highest BCUT2D eigenvalue weighted by atomic mass is 16.5. The second kappa shape index (κ2) is 6.56. The molecule has 0 spiro atoms. The normalized spacial score (nSPS) is 11.2. The highest BCUT2D eigenvalue weighted by molar-refractivity contribution is 6.00. The summed E-state index contributed by atoms with van der Waals surface area (Å²) in [5.41, 5.74) is 4.65. The summed E-state index contributed by atoms with van der Waals surface area (Å²) in [5, 5.41) is 4.08. The van der Waals surface area contributed by atoms with Crippen LogP contribution in [0.4, 0.5) is 0 Å². The lowest BCUT2D eigenvalue weighted by Gasteiger charge is -2.05. The molecule has 0 radical (unpaired) electrons. The predicted octanol–water partition coefficient (Wildman–Crippen LogP) is 2.57. The van der Waals surface area contributed by atoms with Gasteiger partial charge in [0.1, 0.15) is 11.4 Å². The highest BCUT2D eigenvalue weighted by Crippen LogP contribution is 2.12. The average Bonchev–Trinajstić information content (AvgIpc) is 3.00. The Bertz CT molecular complexity index is 586. The maximum Gasteiger partial charge on any atom is 0.287 e. The fraction of sp³-hybridized carbons (Fsp3) is 0.200. The van der Waals surface area contributed by atoms with Gasteiger partial charge in [-0.05, 0) is 55.8 Å². The van der Waals surface area contributed by atoms with Crippen LogP contribution in [0.1, 0.15) is 29.9 Å². The van der Waals surface area contributed by atoms with Crippen LogP contribution in [-0.2, 0) is 0 Å². The zero-order valence-electron chi connectivity index (χ0n) is 11.5. The monoisotopic (exact) mass is 271 g/mol. The fourth-order valence-electron chi connectivity index (χ4n) is 1.69. The molecule has 0 aliphatic rings. The van der Waals surface area contributed by atoms with E-state index < -0.39 is 0 Å². The van der Waals surface area contributed by atoms with Crippen LogP contribution < -0.4 is 10.2 Å². The van der Waals surface area contributed by atoms with Gasteiger partial charge in [-0.2, -0.15) is 5.10 Å². The topological polar surface area (TPSA) is 66.5 Å². The summed E-state index contributed by atoms with van der Waals surface area (Å²) < 4.78 is 5.37. The molecule has 2 rings (SSSR count). The Morgan fingerprint density at radius 1 is 1.30 bits per heavy atom. The number of hydrazone groups is 1. The Hall–Kier alpha value is -2.56. The first-order valence-corrected chi connectivity index (χ1v) is 6.42. The van der Waals surface area contributed by atoms with Gasteiger partial charge in [0.2, 0.25) is 0 Å². The van der Waals surface area contributed by atoms with Crippen LogP contribution in [0.3, 0.4) is 0 Å². The third kappa shape index (κ3) is 3.47. The zero-order chi connectivity index (χ0) is 14.4. The molecule has 2 N–H and O–H groups in total. The van der Waals surface area contributed by atoms with Gasteiger partial charge in [0.25, 0.3) is 5.91 Å². The summed E-state index contributed by atoms with van der Waals surface area (Å²) >= 11 is 0. The van der Waals surface area contributed by atoms with Gasteiger partial charge >= 0.3 is 0 Å². The van der Waals surface area contributed by atoms with Crippen molar-refractivity contribution in [2.75, 3.05) is 6.61 Å². The number of nitrogens with zero attached hydrogens (tertiary/aromatic N) is 1. The van der Waals surface area contributed by atoms with Crippen LogP contribution in [0.2, 0.25) is 0 Å². The van der Waals surface area contributed by atoms with Crippen molar-refractivity contribution < 1.29 is 9.53 Å². The molecule has 0 aliphatic heterocycles. The van der Waals surface area contributed by atoms with E-state index in [4.69, 9.17) is 4.74 Å². The number of aromatic amines is 1.